The summed E-state index contributed by atoms with van der Waals surface area (Å²) in [4.78, 5) is 24.8. The number of hydrogen-bond donors (Lipinski definition) is 2. The van der Waals surface area contributed by atoms with Crippen LogP contribution in [-0.4, -0.2) is 50.4 Å². The molecule has 1 aromatic heterocycles. The molecule has 0 unspecified atom stereocenters. The van der Waals surface area contributed by atoms with Crippen molar-refractivity contribution in [2.45, 2.75) is 11.3 Å². The molecule has 2 rings (SSSR count). The second-order valence-electron chi connectivity index (χ2n) is 4.43. The van der Waals surface area contributed by atoms with Crippen LogP contribution >= 0.6 is 11.3 Å². The first-order valence-electron chi connectivity index (χ1n) is 5.89. The monoisotopic (exact) mass is 318 g/mol. The maximum atomic E-state index is 12.2. The summed E-state index contributed by atoms with van der Waals surface area (Å²) < 4.78 is 25.4. The van der Waals surface area contributed by atoms with E-state index in [1.165, 1.54) is 23.4 Å². The summed E-state index contributed by atoms with van der Waals surface area (Å²) in [6, 6.07) is 1.31. The third-order valence-electron chi connectivity index (χ3n) is 3.19. The van der Waals surface area contributed by atoms with Crippen LogP contribution in [0.5, 0.6) is 0 Å². The third kappa shape index (κ3) is 2.84. The maximum absolute atomic E-state index is 12.2. The van der Waals surface area contributed by atoms with E-state index < -0.39 is 21.9 Å². The largest absolute Gasteiger partial charge is 0.481 e. The smallest absolute Gasteiger partial charge is 0.308 e. The highest BCUT2D eigenvalue weighted by molar-refractivity contribution is 7.89. The quantitative estimate of drug-likeness (QED) is 0.825. The van der Waals surface area contributed by atoms with Gasteiger partial charge in [-0.05, 0) is 19.5 Å². The molecule has 1 atom stereocenters. The molecule has 0 aliphatic carbocycles. The van der Waals surface area contributed by atoms with E-state index in [1.54, 1.807) is 0 Å². The number of rotatable bonds is 4. The lowest BCUT2D eigenvalue weighted by Gasteiger charge is -2.14. The Hall–Kier alpha value is -1.45. The van der Waals surface area contributed by atoms with Crippen molar-refractivity contribution in [3.05, 3.63) is 16.3 Å². The van der Waals surface area contributed by atoms with Gasteiger partial charge in [-0.2, -0.15) is 0 Å². The molecule has 9 heteroatoms. The minimum atomic E-state index is -3.56. The molecule has 1 fully saturated rings. The predicted octanol–water partition coefficient (Wildman–Crippen LogP) is 0.203. The number of thiophene rings is 1. The zero-order valence-corrected chi connectivity index (χ0v) is 12.3. The Kier molecular flexibility index (Phi) is 4.11. The van der Waals surface area contributed by atoms with Gasteiger partial charge in [0.25, 0.3) is 5.91 Å². The zero-order chi connectivity index (χ0) is 14.9. The molecule has 0 aromatic carbocycles. The lowest BCUT2D eigenvalue weighted by Crippen LogP contribution is -2.29. The van der Waals surface area contributed by atoms with Gasteiger partial charge in [0, 0.05) is 18.5 Å². The molecule has 1 aliphatic rings. The molecule has 0 saturated carbocycles. The fraction of sp³-hybridized carbons (Fsp3) is 0.455. The molecule has 0 spiro atoms. The number of carbonyl (C=O) groups excluding carboxylic acids is 1. The van der Waals surface area contributed by atoms with Crippen LogP contribution in [0.4, 0.5) is 0 Å². The van der Waals surface area contributed by atoms with Gasteiger partial charge >= 0.3 is 5.97 Å². The Bertz CT molecular complexity index is 637. The van der Waals surface area contributed by atoms with Gasteiger partial charge in [0.05, 0.1) is 15.7 Å². The van der Waals surface area contributed by atoms with E-state index in [0.717, 1.165) is 11.3 Å². The molecule has 0 radical (unpaired) electrons. The zero-order valence-electron chi connectivity index (χ0n) is 10.7. The van der Waals surface area contributed by atoms with Crippen molar-refractivity contribution in [3.8, 4) is 0 Å². The number of aliphatic carboxylic acids is 1. The number of carboxylic acids is 1. The molecule has 20 heavy (non-hydrogen) atoms. The average molecular weight is 318 g/mol. The fourth-order valence-corrected chi connectivity index (χ4v) is 3.96. The van der Waals surface area contributed by atoms with Gasteiger partial charge in [0.1, 0.15) is 0 Å². The van der Waals surface area contributed by atoms with Crippen molar-refractivity contribution in [2.24, 2.45) is 5.92 Å². The summed E-state index contributed by atoms with van der Waals surface area (Å²) in [5.41, 5.74) is 0. The number of amides is 1. The number of hydrogen-bond acceptors (Lipinski definition) is 5. The topological polar surface area (TPSA) is 104 Å². The van der Waals surface area contributed by atoms with Crippen molar-refractivity contribution >= 4 is 33.2 Å². The maximum Gasteiger partial charge on any atom is 0.308 e. The van der Waals surface area contributed by atoms with Gasteiger partial charge in [-0.1, -0.05) is 0 Å². The Morgan fingerprint density at radius 2 is 2.20 bits per heavy atom. The van der Waals surface area contributed by atoms with Gasteiger partial charge in [-0.25, -0.2) is 13.1 Å². The first kappa shape index (κ1) is 14.9. The van der Waals surface area contributed by atoms with Crippen molar-refractivity contribution in [3.63, 3.8) is 0 Å². The number of likely N-dealkylation sites (tertiary alicyclic amines) is 1. The van der Waals surface area contributed by atoms with Crippen LogP contribution in [0.1, 0.15) is 16.1 Å². The molecule has 110 valence electrons. The summed E-state index contributed by atoms with van der Waals surface area (Å²) in [6.45, 7) is 0.544. The van der Waals surface area contributed by atoms with Crippen LogP contribution < -0.4 is 4.72 Å². The van der Waals surface area contributed by atoms with Crippen LogP contribution in [0, 0.1) is 5.92 Å². The second kappa shape index (κ2) is 5.51. The van der Waals surface area contributed by atoms with Crippen LogP contribution in [0.25, 0.3) is 0 Å². The second-order valence-corrected chi connectivity index (χ2v) is 7.23. The molecule has 1 aliphatic heterocycles. The molecule has 7 nitrogen and oxygen atoms in total. The highest BCUT2D eigenvalue weighted by atomic mass is 32.2. The van der Waals surface area contributed by atoms with E-state index in [1.807, 2.05) is 0 Å². The summed E-state index contributed by atoms with van der Waals surface area (Å²) >= 11 is 1.04. The lowest BCUT2D eigenvalue weighted by atomic mass is 10.1. The molecule has 1 saturated heterocycles. The van der Waals surface area contributed by atoms with Crippen molar-refractivity contribution < 1.29 is 23.1 Å². The standard InChI is InChI=1S/C11H14N2O5S2/c1-12-20(17,18)8-4-9(19-6-8)10(14)13-3-2-7(5-13)11(15)16/h4,6-7,12H,2-3,5H2,1H3,(H,15,16)/t7-/m0/s1. The Morgan fingerprint density at radius 3 is 2.75 bits per heavy atom. The lowest BCUT2D eigenvalue weighted by molar-refractivity contribution is -0.141. The molecular weight excluding hydrogens is 304 g/mol. The van der Waals surface area contributed by atoms with E-state index in [4.69, 9.17) is 5.11 Å². The number of sulfonamides is 1. The molecular formula is C11H14N2O5S2. The highest BCUT2D eigenvalue weighted by Gasteiger charge is 2.32. The van der Waals surface area contributed by atoms with E-state index >= 15 is 0 Å². The Labute approximate surface area is 120 Å². The van der Waals surface area contributed by atoms with Crippen LogP contribution in [-0.2, 0) is 14.8 Å². The number of nitrogens with zero attached hydrogens (tertiary/aromatic N) is 1. The first-order chi connectivity index (χ1) is 9.35. The molecule has 2 heterocycles. The molecule has 1 amide bonds. The number of carbonyl (C=O) groups is 2. The Balaban J connectivity index is 2.14. The first-order valence-corrected chi connectivity index (χ1v) is 8.25. The molecule has 0 bridgehead atoms. The molecule has 2 N–H and O–H groups in total. The fourth-order valence-electron chi connectivity index (χ4n) is 1.99. The van der Waals surface area contributed by atoms with Crippen molar-refractivity contribution in [2.75, 3.05) is 20.1 Å². The molecule has 1 aromatic rings. The average Bonchev–Trinajstić information content (AvgIpc) is 3.07. The summed E-state index contributed by atoms with van der Waals surface area (Å²) in [5, 5.41) is 10.3. The number of nitrogens with one attached hydrogen (secondary N) is 1. The normalized spacial score (nSPS) is 19.2. The SMILES string of the molecule is CNS(=O)(=O)c1csc(C(=O)N2CC[C@H](C(=O)O)C2)c1. The van der Waals surface area contributed by atoms with Gasteiger partial charge in [0.15, 0.2) is 0 Å². The van der Waals surface area contributed by atoms with Crippen molar-refractivity contribution in [1.29, 1.82) is 0 Å². The van der Waals surface area contributed by atoms with Crippen LogP contribution in [0.3, 0.4) is 0 Å². The van der Waals surface area contributed by atoms with E-state index in [2.05, 4.69) is 4.72 Å². The van der Waals surface area contributed by atoms with Crippen LogP contribution in [0.15, 0.2) is 16.3 Å². The third-order valence-corrected chi connectivity index (χ3v) is 5.65. The van der Waals surface area contributed by atoms with Gasteiger partial charge in [0.2, 0.25) is 10.0 Å². The van der Waals surface area contributed by atoms with E-state index in [-0.39, 0.29) is 17.3 Å². The minimum Gasteiger partial charge on any atom is -0.481 e. The van der Waals surface area contributed by atoms with E-state index in [0.29, 0.717) is 17.8 Å². The van der Waals surface area contributed by atoms with Crippen LogP contribution in [0.2, 0.25) is 0 Å². The van der Waals surface area contributed by atoms with E-state index in [9.17, 15) is 18.0 Å². The Morgan fingerprint density at radius 1 is 1.50 bits per heavy atom. The van der Waals surface area contributed by atoms with Crippen molar-refractivity contribution in [1.82, 2.24) is 9.62 Å². The minimum absolute atomic E-state index is 0.0438. The predicted molar refractivity (Wildman–Crippen MR) is 72.2 cm³/mol. The highest BCUT2D eigenvalue weighted by Crippen LogP contribution is 2.24. The summed E-state index contributed by atoms with van der Waals surface area (Å²) in [5.74, 6) is -1.78. The van der Waals surface area contributed by atoms with Gasteiger partial charge < -0.3 is 10.0 Å². The summed E-state index contributed by atoms with van der Waals surface area (Å²) in [7, 11) is -2.27. The number of carboxylic acid groups (broad SMARTS) is 1. The van der Waals surface area contributed by atoms with Gasteiger partial charge in [-0.3, -0.25) is 9.59 Å². The van der Waals surface area contributed by atoms with Gasteiger partial charge in [-0.15, -0.1) is 11.3 Å². The summed E-state index contributed by atoms with van der Waals surface area (Å²) in [6.07, 6.45) is 0.425.